The number of hydrogen-bond acceptors (Lipinski definition) is 6. The number of halogens is 1. The predicted octanol–water partition coefficient (Wildman–Crippen LogP) is 4.52. The normalized spacial score (nSPS) is 10.8. The van der Waals surface area contributed by atoms with Crippen LogP contribution in [0.15, 0.2) is 56.2 Å². The summed E-state index contributed by atoms with van der Waals surface area (Å²) < 4.78 is 2.62. The number of aromatic nitrogens is 3. The maximum Gasteiger partial charge on any atom is 0.297 e. The minimum atomic E-state index is -0.163. The monoisotopic (exact) mass is 422 g/mol. The van der Waals surface area contributed by atoms with Gasteiger partial charge in [-0.25, -0.2) is 0 Å². The highest BCUT2D eigenvalue weighted by atomic mass is 79.9. The molecule has 3 aromatic rings. The van der Waals surface area contributed by atoms with Crippen LogP contribution in [0.25, 0.3) is 0 Å². The lowest BCUT2D eigenvalue weighted by Gasteiger charge is -2.11. The number of rotatable bonds is 6. The zero-order valence-electron chi connectivity index (χ0n) is 12.9. The summed E-state index contributed by atoms with van der Waals surface area (Å²) in [6, 6.07) is 11.6. The third kappa shape index (κ3) is 4.06. The molecule has 124 valence electrons. The summed E-state index contributed by atoms with van der Waals surface area (Å²) in [6.45, 7) is 2.48. The van der Waals surface area contributed by atoms with Gasteiger partial charge < -0.3 is 5.32 Å². The maximum atomic E-state index is 12.6. The molecular weight excluding hydrogens is 408 g/mol. The van der Waals surface area contributed by atoms with Crippen LogP contribution < -0.4 is 10.9 Å². The van der Waals surface area contributed by atoms with Crippen LogP contribution in [0.5, 0.6) is 0 Å². The molecule has 3 rings (SSSR count). The number of thioether (sulfide) groups is 1. The zero-order chi connectivity index (χ0) is 16.9. The summed E-state index contributed by atoms with van der Waals surface area (Å²) in [6.07, 6.45) is 0. The Balaban J connectivity index is 1.82. The Morgan fingerprint density at radius 2 is 2.04 bits per heavy atom. The summed E-state index contributed by atoms with van der Waals surface area (Å²) in [5.41, 5.74) is 0.635. The molecule has 0 fully saturated rings. The van der Waals surface area contributed by atoms with Gasteiger partial charge in [-0.1, -0.05) is 33.8 Å². The van der Waals surface area contributed by atoms with Crippen LogP contribution in [-0.4, -0.2) is 14.8 Å². The topological polar surface area (TPSA) is 59.8 Å². The third-order valence-electron chi connectivity index (χ3n) is 3.26. The standard InChI is InChI=1S/C16H15BrN4OS2/c1-2-21-15(22)14(18-12-7-5-11(17)6-8-12)19-20-16(21)24-10-13-4-3-9-23-13/h3-9H,2,10H2,1H3,(H,18,19). The van der Waals surface area contributed by atoms with Crippen LogP contribution in [-0.2, 0) is 12.3 Å². The van der Waals surface area contributed by atoms with Crippen molar-refractivity contribution in [2.75, 3.05) is 5.32 Å². The van der Waals surface area contributed by atoms with Crippen molar-refractivity contribution in [1.29, 1.82) is 0 Å². The summed E-state index contributed by atoms with van der Waals surface area (Å²) in [7, 11) is 0. The quantitative estimate of drug-likeness (QED) is 0.591. The SMILES string of the molecule is CCn1c(SCc2cccs2)nnc(Nc2ccc(Br)cc2)c1=O. The average Bonchev–Trinajstić information content (AvgIpc) is 3.10. The van der Waals surface area contributed by atoms with Crippen LogP contribution in [0.4, 0.5) is 11.5 Å². The van der Waals surface area contributed by atoms with Crippen molar-refractivity contribution < 1.29 is 0 Å². The van der Waals surface area contributed by atoms with E-state index < -0.39 is 0 Å². The molecule has 0 unspecified atom stereocenters. The fraction of sp³-hybridized carbons (Fsp3) is 0.188. The molecule has 0 aliphatic heterocycles. The molecule has 24 heavy (non-hydrogen) atoms. The Bertz CT molecular complexity index is 863. The van der Waals surface area contributed by atoms with Gasteiger partial charge in [0, 0.05) is 27.3 Å². The second kappa shape index (κ2) is 7.96. The minimum Gasteiger partial charge on any atom is -0.334 e. The lowest BCUT2D eigenvalue weighted by molar-refractivity contribution is 0.597. The van der Waals surface area contributed by atoms with Crippen molar-refractivity contribution in [3.63, 3.8) is 0 Å². The predicted molar refractivity (Wildman–Crippen MR) is 103 cm³/mol. The molecular formula is C16H15BrN4OS2. The molecule has 0 radical (unpaired) electrons. The molecule has 0 saturated carbocycles. The lowest BCUT2D eigenvalue weighted by atomic mass is 10.3. The summed E-state index contributed by atoms with van der Waals surface area (Å²) in [4.78, 5) is 13.9. The Labute approximate surface area is 156 Å². The third-order valence-corrected chi connectivity index (χ3v) is 5.86. The van der Waals surface area contributed by atoms with Gasteiger partial charge in [-0.2, -0.15) is 0 Å². The van der Waals surface area contributed by atoms with E-state index in [4.69, 9.17) is 0 Å². The first kappa shape index (κ1) is 17.2. The Morgan fingerprint density at radius 3 is 2.71 bits per heavy atom. The van der Waals surface area contributed by atoms with Crippen LogP contribution in [0, 0.1) is 0 Å². The van der Waals surface area contributed by atoms with Gasteiger partial charge in [-0.3, -0.25) is 9.36 Å². The van der Waals surface area contributed by atoms with Gasteiger partial charge in [0.15, 0.2) is 5.16 Å². The largest absolute Gasteiger partial charge is 0.334 e. The van der Waals surface area contributed by atoms with Crippen molar-refractivity contribution in [1.82, 2.24) is 14.8 Å². The Hall–Kier alpha value is -1.64. The van der Waals surface area contributed by atoms with Crippen molar-refractivity contribution >= 4 is 50.5 Å². The molecule has 2 heterocycles. The smallest absolute Gasteiger partial charge is 0.297 e. The van der Waals surface area contributed by atoms with E-state index >= 15 is 0 Å². The van der Waals surface area contributed by atoms with E-state index in [2.05, 4.69) is 37.5 Å². The van der Waals surface area contributed by atoms with Crippen LogP contribution in [0.2, 0.25) is 0 Å². The molecule has 5 nitrogen and oxygen atoms in total. The average molecular weight is 423 g/mol. The summed E-state index contributed by atoms with van der Waals surface area (Å²) in [5.74, 6) is 1.02. The highest BCUT2D eigenvalue weighted by Crippen LogP contribution is 2.23. The number of benzene rings is 1. The molecule has 0 bridgehead atoms. The minimum absolute atomic E-state index is 0.163. The molecule has 0 aliphatic rings. The Morgan fingerprint density at radius 1 is 1.25 bits per heavy atom. The van der Waals surface area contributed by atoms with Gasteiger partial charge >= 0.3 is 0 Å². The second-order valence-corrected chi connectivity index (χ2v) is 7.77. The lowest BCUT2D eigenvalue weighted by Crippen LogP contribution is -2.26. The number of hydrogen-bond donors (Lipinski definition) is 1. The zero-order valence-corrected chi connectivity index (χ0v) is 16.1. The van der Waals surface area contributed by atoms with Gasteiger partial charge in [-0.15, -0.1) is 21.5 Å². The fourth-order valence-electron chi connectivity index (χ4n) is 2.07. The van der Waals surface area contributed by atoms with Crippen molar-refractivity contribution in [3.05, 3.63) is 61.5 Å². The summed E-state index contributed by atoms with van der Waals surface area (Å²) >= 11 is 6.61. The second-order valence-electron chi connectivity index (χ2n) is 4.88. The van der Waals surface area contributed by atoms with E-state index in [-0.39, 0.29) is 11.4 Å². The molecule has 0 aliphatic carbocycles. The fourth-order valence-corrected chi connectivity index (χ4v) is 4.11. The van der Waals surface area contributed by atoms with Gasteiger partial charge in [0.25, 0.3) is 5.56 Å². The number of nitrogens with one attached hydrogen (secondary N) is 1. The van der Waals surface area contributed by atoms with Crippen molar-refractivity contribution in [3.8, 4) is 0 Å². The van der Waals surface area contributed by atoms with Crippen molar-refractivity contribution in [2.24, 2.45) is 0 Å². The van der Waals surface area contributed by atoms with E-state index in [0.29, 0.717) is 11.7 Å². The van der Waals surface area contributed by atoms with Gasteiger partial charge in [0.2, 0.25) is 5.82 Å². The maximum absolute atomic E-state index is 12.6. The van der Waals surface area contributed by atoms with Crippen LogP contribution in [0.1, 0.15) is 11.8 Å². The number of anilines is 2. The molecule has 2 aromatic heterocycles. The molecule has 1 N–H and O–H groups in total. The molecule has 8 heteroatoms. The first-order valence-electron chi connectivity index (χ1n) is 7.32. The van der Waals surface area contributed by atoms with Gasteiger partial charge in [0.05, 0.1) is 0 Å². The van der Waals surface area contributed by atoms with Gasteiger partial charge in [-0.05, 0) is 42.6 Å². The van der Waals surface area contributed by atoms with Crippen LogP contribution in [0.3, 0.4) is 0 Å². The molecule has 0 saturated heterocycles. The molecule has 0 spiro atoms. The molecule has 0 atom stereocenters. The van der Waals surface area contributed by atoms with E-state index in [9.17, 15) is 4.79 Å². The molecule has 1 aromatic carbocycles. The first-order valence-corrected chi connectivity index (χ1v) is 9.98. The number of thiophene rings is 1. The van der Waals surface area contributed by atoms with Crippen LogP contribution >= 0.6 is 39.0 Å². The highest BCUT2D eigenvalue weighted by Gasteiger charge is 2.12. The van der Waals surface area contributed by atoms with Gasteiger partial charge in [0.1, 0.15) is 0 Å². The highest BCUT2D eigenvalue weighted by molar-refractivity contribution is 9.10. The van der Waals surface area contributed by atoms with E-state index in [1.807, 2.05) is 42.6 Å². The first-order chi connectivity index (χ1) is 11.7. The molecule has 0 amide bonds. The van der Waals surface area contributed by atoms with E-state index in [1.165, 1.54) is 16.6 Å². The number of nitrogens with zero attached hydrogens (tertiary/aromatic N) is 3. The van der Waals surface area contributed by atoms with Crippen molar-refractivity contribution in [2.45, 2.75) is 24.4 Å². The van der Waals surface area contributed by atoms with E-state index in [0.717, 1.165) is 15.9 Å². The summed E-state index contributed by atoms with van der Waals surface area (Å²) in [5, 5.41) is 14.0. The Kier molecular flexibility index (Phi) is 5.70. The van der Waals surface area contributed by atoms with E-state index in [1.54, 1.807) is 15.9 Å².